The molecule has 2 saturated carbocycles. The molecular weight excluding hydrogens is 504 g/mol. The van der Waals surface area contributed by atoms with Crippen LogP contribution in [0.3, 0.4) is 0 Å². The summed E-state index contributed by atoms with van der Waals surface area (Å²) in [5.41, 5.74) is 3.91. The van der Waals surface area contributed by atoms with Crippen LogP contribution in [0.1, 0.15) is 112 Å². The molecule has 0 atom stereocenters. The molecule has 3 aliphatic carbocycles. The van der Waals surface area contributed by atoms with Gasteiger partial charge in [-0.1, -0.05) is 44.6 Å². The van der Waals surface area contributed by atoms with Crippen molar-refractivity contribution in [1.82, 2.24) is 9.80 Å². The van der Waals surface area contributed by atoms with E-state index in [4.69, 9.17) is 0 Å². The predicted molar refractivity (Wildman–Crippen MR) is 156 cm³/mol. The SMILES string of the molecule is CN(CCc1cc2c(c(CCN(C)C3CCCCC3)c1C(=O)O)C(=O)c1cc(C(=O)O)ccc1-2)C1CCCCC1. The lowest BCUT2D eigenvalue weighted by molar-refractivity contribution is 0.0684. The Morgan fingerprint density at radius 1 is 0.750 bits per heavy atom. The number of ketones is 1. The van der Waals surface area contributed by atoms with Gasteiger partial charge in [0.2, 0.25) is 0 Å². The van der Waals surface area contributed by atoms with Crippen LogP contribution in [-0.4, -0.2) is 77.0 Å². The van der Waals surface area contributed by atoms with Crippen molar-refractivity contribution in [3.63, 3.8) is 0 Å². The number of hydrogen-bond acceptors (Lipinski definition) is 5. The highest BCUT2D eigenvalue weighted by Gasteiger charge is 2.34. The first-order valence-electron chi connectivity index (χ1n) is 15.0. The third-order valence-corrected chi connectivity index (χ3v) is 9.60. The predicted octanol–water partition coefficient (Wildman–Crippen LogP) is 5.91. The van der Waals surface area contributed by atoms with Crippen LogP contribution >= 0.6 is 0 Å². The summed E-state index contributed by atoms with van der Waals surface area (Å²) >= 11 is 0. The highest BCUT2D eigenvalue weighted by atomic mass is 16.4. The van der Waals surface area contributed by atoms with Crippen molar-refractivity contribution in [1.29, 1.82) is 0 Å². The Morgan fingerprint density at radius 2 is 1.32 bits per heavy atom. The molecule has 0 aromatic heterocycles. The van der Waals surface area contributed by atoms with Crippen molar-refractivity contribution >= 4 is 17.7 Å². The maximum Gasteiger partial charge on any atom is 0.336 e. The van der Waals surface area contributed by atoms with Gasteiger partial charge in [-0.2, -0.15) is 0 Å². The van der Waals surface area contributed by atoms with Crippen LogP contribution in [0.4, 0.5) is 0 Å². The molecule has 214 valence electrons. The summed E-state index contributed by atoms with van der Waals surface area (Å²) in [6.45, 7) is 1.43. The Bertz CT molecular complexity index is 1290. The molecule has 7 heteroatoms. The molecule has 0 aliphatic heterocycles. The number of carbonyl (C=O) groups excluding carboxylic acids is 1. The molecule has 0 spiro atoms. The molecular formula is C33H42N2O5. The van der Waals surface area contributed by atoms with Gasteiger partial charge in [-0.15, -0.1) is 0 Å². The van der Waals surface area contributed by atoms with E-state index in [9.17, 15) is 24.6 Å². The third kappa shape index (κ3) is 5.72. The molecule has 5 rings (SSSR count). The molecule has 3 aliphatic rings. The third-order valence-electron chi connectivity index (χ3n) is 9.60. The number of aromatic carboxylic acids is 2. The van der Waals surface area contributed by atoms with Crippen molar-refractivity contribution < 1.29 is 24.6 Å². The minimum absolute atomic E-state index is 0.0614. The summed E-state index contributed by atoms with van der Waals surface area (Å²) in [6, 6.07) is 7.58. The number of carboxylic acids is 2. The maximum absolute atomic E-state index is 13.8. The largest absolute Gasteiger partial charge is 0.478 e. The fraction of sp³-hybridized carbons (Fsp3) is 0.545. The van der Waals surface area contributed by atoms with Crippen molar-refractivity contribution in [3.8, 4) is 11.1 Å². The van der Waals surface area contributed by atoms with Crippen LogP contribution < -0.4 is 0 Å². The van der Waals surface area contributed by atoms with E-state index in [1.807, 2.05) is 6.07 Å². The quantitative estimate of drug-likeness (QED) is 0.326. The first kappa shape index (κ1) is 28.5. The molecule has 0 heterocycles. The van der Waals surface area contributed by atoms with Gasteiger partial charge in [0.15, 0.2) is 5.78 Å². The summed E-state index contributed by atoms with van der Waals surface area (Å²) in [7, 11) is 4.24. The van der Waals surface area contributed by atoms with E-state index < -0.39 is 11.9 Å². The van der Waals surface area contributed by atoms with Gasteiger partial charge in [0.1, 0.15) is 0 Å². The second kappa shape index (κ2) is 12.2. The minimum Gasteiger partial charge on any atom is -0.478 e. The highest BCUT2D eigenvalue weighted by Crippen LogP contribution is 2.42. The van der Waals surface area contributed by atoms with Crippen LogP contribution in [0.15, 0.2) is 24.3 Å². The molecule has 2 aromatic rings. The Kier molecular flexibility index (Phi) is 8.71. The first-order valence-corrected chi connectivity index (χ1v) is 15.0. The number of carboxylic acid groups (broad SMARTS) is 2. The zero-order valence-corrected chi connectivity index (χ0v) is 23.9. The molecule has 2 fully saturated rings. The summed E-state index contributed by atoms with van der Waals surface area (Å²) in [6.07, 6.45) is 13.2. The topological polar surface area (TPSA) is 98.2 Å². The monoisotopic (exact) mass is 546 g/mol. The Hall–Kier alpha value is -3.03. The molecule has 0 unspecified atom stereocenters. The second-order valence-electron chi connectivity index (χ2n) is 12.1. The molecule has 0 amide bonds. The lowest BCUT2D eigenvalue weighted by atomic mass is 9.87. The zero-order valence-electron chi connectivity index (χ0n) is 23.9. The van der Waals surface area contributed by atoms with Gasteiger partial charge in [-0.3, -0.25) is 4.79 Å². The van der Waals surface area contributed by atoms with Crippen molar-refractivity contribution in [2.24, 2.45) is 0 Å². The Balaban J connectivity index is 1.52. The lowest BCUT2D eigenvalue weighted by Gasteiger charge is -2.32. The standard InChI is InChI=1S/C33H42N2O5/c1-34(23-9-5-3-6-10-23)17-15-21-19-27-25-14-13-22(32(37)38)20-28(25)31(36)30(27)26(29(21)33(39)40)16-18-35(2)24-11-7-4-8-12-24/h13-14,19-20,23-24H,3-12,15-18H2,1-2H3,(H,37,38)(H,39,40). The number of benzene rings is 2. The fourth-order valence-electron chi connectivity index (χ4n) is 7.21. The average Bonchev–Trinajstić information content (AvgIpc) is 3.25. The van der Waals surface area contributed by atoms with Gasteiger partial charge < -0.3 is 20.0 Å². The molecule has 0 bridgehead atoms. The minimum atomic E-state index is -1.08. The molecule has 2 aromatic carbocycles. The summed E-state index contributed by atoms with van der Waals surface area (Å²) < 4.78 is 0. The Morgan fingerprint density at radius 3 is 1.88 bits per heavy atom. The van der Waals surface area contributed by atoms with E-state index in [0.29, 0.717) is 53.7 Å². The van der Waals surface area contributed by atoms with Crippen molar-refractivity contribution in [2.45, 2.75) is 89.1 Å². The zero-order chi connectivity index (χ0) is 28.4. The normalized spacial score (nSPS) is 17.9. The van der Waals surface area contributed by atoms with Gasteiger partial charge in [0.25, 0.3) is 0 Å². The number of likely N-dealkylation sites (N-methyl/N-ethyl adjacent to an activating group) is 2. The van der Waals surface area contributed by atoms with Gasteiger partial charge >= 0.3 is 11.9 Å². The smallest absolute Gasteiger partial charge is 0.336 e. The average molecular weight is 547 g/mol. The van der Waals surface area contributed by atoms with E-state index in [1.54, 1.807) is 6.07 Å². The molecule has 7 nitrogen and oxygen atoms in total. The van der Waals surface area contributed by atoms with Crippen LogP contribution in [0.5, 0.6) is 0 Å². The maximum atomic E-state index is 13.8. The van der Waals surface area contributed by atoms with Gasteiger partial charge in [0.05, 0.1) is 11.1 Å². The van der Waals surface area contributed by atoms with Gasteiger partial charge in [0, 0.05) is 36.3 Å². The molecule has 0 saturated heterocycles. The number of rotatable bonds is 10. The van der Waals surface area contributed by atoms with Crippen LogP contribution in [0.25, 0.3) is 11.1 Å². The molecule has 40 heavy (non-hydrogen) atoms. The first-order chi connectivity index (χ1) is 19.3. The summed E-state index contributed by atoms with van der Waals surface area (Å²) in [4.78, 5) is 43.0. The van der Waals surface area contributed by atoms with Gasteiger partial charge in [-0.05, 0) is 93.1 Å². The van der Waals surface area contributed by atoms with E-state index in [-0.39, 0.29) is 16.9 Å². The summed E-state index contributed by atoms with van der Waals surface area (Å²) in [5.74, 6) is -2.35. The van der Waals surface area contributed by atoms with Crippen LogP contribution in [-0.2, 0) is 12.8 Å². The lowest BCUT2D eigenvalue weighted by Crippen LogP contribution is -2.35. The molecule has 0 radical (unpaired) electrons. The van der Waals surface area contributed by atoms with E-state index in [0.717, 1.165) is 30.5 Å². The molecule has 2 N–H and O–H groups in total. The number of nitrogens with zero attached hydrogens (tertiary/aromatic N) is 2. The van der Waals surface area contributed by atoms with Crippen molar-refractivity contribution in [3.05, 3.63) is 57.6 Å². The second-order valence-corrected chi connectivity index (χ2v) is 12.1. The fourth-order valence-corrected chi connectivity index (χ4v) is 7.21. The van der Waals surface area contributed by atoms with Gasteiger partial charge in [-0.25, -0.2) is 9.59 Å². The summed E-state index contributed by atoms with van der Waals surface area (Å²) in [5, 5.41) is 20.0. The highest BCUT2D eigenvalue weighted by molar-refractivity contribution is 6.24. The number of carbonyl (C=O) groups is 3. The van der Waals surface area contributed by atoms with Crippen LogP contribution in [0.2, 0.25) is 0 Å². The van der Waals surface area contributed by atoms with Crippen molar-refractivity contribution in [2.75, 3.05) is 27.2 Å². The van der Waals surface area contributed by atoms with E-state index in [2.05, 4.69) is 23.9 Å². The number of fused-ring (bicyclic) bond motifs is 3. The number of hydrogen-bond donors (Lipinski definition) is 2. The van der Waals surface area contributed by atoms with E-state index in [1.165, 1.54) is 63.5 Å². The van der Waals surface area contributed by atoms with E-state index >= 15 is 0 Å². The van der Waals surface area contributed by atoms with Crippen LogP contribution in [0, 0.1) is 0 Å². The Labute approximate surface area is 237 Å².